The molecular weight excluding hydrogens is 292 g/mol. The Hall–Kier alpha value is -2.53. The number of ether oxygens (including phenoxy) is 1. The van der Waals surface area contributed by atoms with Gasteiger partial charge in [-0.3, -0.25) is 4.90 Å². The Morgan fingerprint density at radius 2 is 1.48 bits per heavy atom. The number of methoxy groups -OCH3 is 1. The highest BCUT2D eigenvalue weighted by molar-refractivity contribution is 5.67. The van der Waals surface area contributed by atoms with E-state index in [1.54, 1.807) is 26.1 Å². The maximum atomic E-state index is 12.3. The highest BCUT2D eigenvalue weighted by Crippen LogP contribution is 2.15. The van der Waals surface area contributed by atoms with E-state index in [4.69, 9.17) is 9.57 Å². The minimum Gasteiger partial charge on any atom is -0.497 e. The second-order valence-electron chi connectivity index (χ2n) is 5.36. The maximum absolute atomic E-state index is 12.3. The number of carbonyl (C=O) groups excluding carboxylic acids is 1. The van der Waals surface area contributed by atoms with Crippen LogP contribution in [0.3, 0.4) is 0 Å². The van der Waals surface area contributed by atoms with Crippen LogP contribution in [0.2, 0.25) is 0 Å². The van der Waals surface area contributed by atoms with Crippen LogP contribution in [0.4, 0.5) is 4.79 Å². The van der Waals surface area contributed by atoms with Gasteiger partial charge in [0.2, 0.25) is 0 Å². The minimum atomic E-state index is -0.380. The normalized spacial score (nSPS) is 10.4. The Bertz CT molecular complexity index is 612. The molecule has 5 heteroatoms. The average Bonchev–Trinajstić information content (AvgIpc) is 2.55. The van der Waals surface area contributed by atoms with Gasteiger partial charge in [-0.15, -0.1) is 5.06 Å². The smallest absolute Gasteiger partial charge is 0.429 e. The summed E-state index contributed by atoms with van der Waals surface area (Å²) < 4.78 is 5.16. The Morgan fingerprint density at radius 1 is 0.913 bits per heavy atom. The fraction of sp³-hybridized carbons (Fsp3) is 0.278. The first-order chi connectivity index (χ1) is 11.1. The third kappa shape index (κ3) is 5.30. The van der Waals surface area contributed by atoms with Crippen molar-refractivity contribution in [1.29, 1.82) is 0 Å². The summed E-state index contributed by atoms with van der Waals surface area (Å²) in [6.07, 6.45) is -0.380. The molecule has 0 saturated heterocycles. The number of rotatable bonds is 6. The Labute approximate surface area is 137 Å². The van der Waals surface area contributed by atoms with Gasteiger partial charge in [0, 0.05) is 27.2 Å². The summed E-state index contributed by atoms with van der Waals surface area (Å²) in [6.45, 7) is 0.950. The summed E-state index contributed by atoms with van der Waals surface area (Å²) in [5.74, 6) is 0.791. The molecule has 0 spiro atoms. The zero-order valence-corrected chi connectivity index (χ0v) is 13.7. The van der Waals surface area contributed by atoms with Crippen molar-refractivity contribution in [1.82, 2.24) is 9.96 Å². The van der Waals surface area contributed by atoms with Crippen molar-refractivity contribution < 1.29 is 14.4 Å². The maximum Gasteiger partial charge on any atom is 0.429 e. The van der Waals surface area contributed by atoms with Crippen molar-refractivity contribution in [2.75, 3.05) is 21.2 Å². The molecule has 1 amide bonds. The molecule has 5 nitrogen and oxygen atoms in total. The minimum absolute atomic E-state index is 0.380. The summed E-state index contributed by atoms with van der Waals surface area (Å²) in [4.78, 5) is 19.2. The lowest BCUT2D eigenvalue weighted by atomic mass is 10.1. The van der Waals surface area contributed by atoms with Crippen LogP contribution >= 0.6 is 0 Å². The molecule has 0 aromatic heterocycles. The third-order valence-electron chi connectivity index (χ3n) is 3.27. The van der Waals surface area contributed by atoms with Gasteiger partial charge < -0.3 is 9.57 Å². The van der Waals surface area contributed by atoms with E-state index in [0.717, 1.165) is 16.9 Å². The first-order valence-electron chi connectivity index (χ1n) is 7.39. The van der Waals surface area contributed by atoms with Crippen molar-refractivity contribution in [2.24, 2.45) is 0 Å². The molecule has 0 saturated carbocycles. The number of hydrogen-bond donors (Lipinski definition) is 0. The fourth-order valence-electron chi connectivity index (χ4n) is 2.15. The predicted octanol–water partition coefficient (Wildman–Crippen LogP) is 3.31. The van der Waals surface area contributed by atoms with E-state index in [2.05, 4.69) is 0 Å². The third-order valence-corrected chi connectivity index (χ3v) is 3.27. The molecule has 0 aliphatic heterocycles. The monoisotopic (exact) mass is 314 g/mol. The van der Waals surface area contributed by atoms with Gasteiger partial charge >= 0.3 is 6.09 Å². The van der Waals surface area contributed by atoms with Crippen molar-refractivity contribution >= 4 is 6.09 Å². The molecule has 0 atom stereocenters. The number of hydroxylamine groups is 2. The van der Waals surface area contributed by atoms with Crippen LogP contribution in [0.15, 0.2) is 54.6 Å². The largest absolute Gasteiger partial charge is 0.497 e. The lowest BCUT2D eigenvalue weighted by Gasteiger charge is -2.24. The molecule has 0 aliphatic rings. The number of carbonyl (C=O) groups is 1. The Balaban J connectivity index is 2.13. The molecule has 0 bridgehead atoms. The van der Waals surface area contributed by atoms with Crippen molar-refractivity contribution in [3.63, 3.8) is 0 Å². The highest BCUT2D eigenvalue weighted by Gasteiger charge is 2.17. The van der Waals surface area contributed by atoms with Crippen molar-refractivity contribution in [3.05, 3.63) is 65.7 Å². The molecule has 0 aliphatic carbocycles. The highest BCUT2D eigenvalue weighted by atomic mass is 16.7. The fourth-order valence-corrected chi connectivity index (χ4v) is 2.15. The van der Waals surface area contributed by atoms with Gasteiger partial charge in [0.25, 0.3) is 0 Å². The first kappa shape index (κ1) is 16.8. The van der Waals surface area contributed by atoms with E-state index in [9.17, 15) is 4.79 Å². The number of hydrogen-bond acceptors (Lipinski definition) is 4. The predicted molar refractivity (Wildman–Crippen MR) is 88.9 cm³/mol. The van der Waals surface area contributed by atoms with Gasteiger partial charge in [-0.25, -0.2) is 4.79 Å². The van der Waals surface area contributed by atoms with Gasteiger partial charge in [-0.2, -0.15) is 0 Å². The molecular formula is C18H22N2O3. The topological polar surface area (TPSA) is 42.0 Å². The molecule has 0 radical (unpaired) electrons. The lowest BCUT2D eigenvalue weighted by Crippen LogP contribution is -2.34. The van der Waals surface area contributed by atoms with Crippen LogP contribution in [0.5, 0.6) is 5.75 Å². The standard InChI is InChI=1S/C18H22N2O3/c1-19(2)23-18(21)20(13-15-7-5-4-6-8-15)14-16-9-11-17(22-3)12-10-16/h4-12H,13-14H2,1-3H3. The molecule has 2 rings (SSSR count). The van der Waals surface area contributed by atoms with E-state index in [1.165, 1.54) is 5.06 Å². The molecule has 2 aromatic rings. The second kappa shape index (κ2) is 8.19. The summed E-state index contributed by atoms with van der Waals surface area (Å²) in [5, 5.41) is 1.40. The van der Waals surface area contributed by atoms with Crippen LogP contribution in [0.25, 0.3) is 0 Å². The van der Waals surface area contributed by atoms with Crippen LogP contribution < -0.4 is 4.74 Å². The Kier molecular flexibility index (Phi) is 6.00. The van der Waals surface area contributed by atoms with E-state index in [-0.39, 0.29) is 6.09 Å². The molecule has 0 unspecified atom stereocenters. The second-order valence-corrected chi connectivity index (χ2v) is 5.36. The van der Waals surface area contributed by atoms with Gasteiger partial charge in [0.1, 0.15) is 5.75 Å². The average molecular weight is 314 g/mol. The van der Waals surface area contributed by atoms with Crippen LogP contribution in [0, 0.1) is 0 Å². The summed E-state index contributed by atoms with van der Waals surface area (Å²) in [5.41, 5.74) is 2.06. The van der Waals surface area contributed by atoms with Crippen molar-refractivity contribution in [3.8, 4) is 5.75 Å². The van der Waals surface area contributed by atoms with Crippen molar-refractivity contribution in [2.45, 2.75) is 13.1 Å². The Morgan fingerprint density at radius 3 is 2.00 bits per heavy atom. The van der Waals surface area contributed by atoms with Crippen LogP contribution in [0.1, 0.15) is 11.1 Å². The lowest BCUT2D eigenvalue weighted by molar-refractivity contribution is -0.0734. The molecule has 2 aromatic carbocycles. The quantitative estimate of drug-likeness (QED) is 0.767. The van der Waals surface area contributed by atoms with Gasteiger partial charge in [0.05, 0.1) is 7.11 Å². The number of nitrogens with zero attached hydrogens (tertiary/aromatic N) is 2. The van der Waals surface area contributed by atoms with Gasteiger partial charge in [-0.05, 0) is 23.3 Å². The van der Waals surface area contributed by atoms with E-state index >= 15 is 0 Å². The molecule has 122 valence electrons. The summed E-state index contributed by atoms with van der Waals surface area (Å²) in [6, 6.07) is 17.5. The van der Waals surface area contributed by atoms with Crippen LogP contribution in [-0.2, 0) is 17.9 Å². The van der Waals surface area contributed by atoms with Gasteiger partial charge in [-0.1, -0.05) is 42.5 Å². The SMILES string of the molecule is COc1ccc(CN(Cc2ccccc2)C(=O)ON(C)C)cc1. The van der Waals surface area contributed by atoms with E-state index in [0.29, 0.717) is 13.1 Å². The number of amides is 1. The molecule has 0 N–H and O–H groups in total. The molecule has 23 heavy (non-hydrogen) atoms. The van der Waals surface area contributed by atoms with Crippen LogP contribution in [-0.4, -0.2) is 37.3 Å². The first-order valence-corrected chi connectivity index (χ1v) is 7.39. The zero-order valence-electron chi connectivity index (χ0n) is 13.7. The van der Waals surface area contributed by atoms with E-state index in [1.807, 2.05) is 54.6 Å². The van der Waals surface area contributed by atoms with E-state index < -0.39 is 0 Å². The summed E-state index contributed by atoms with van der Waals surface area (Å²) >= 11 is 0. The van der Waals surface area contributed by atoms with Gasteiger partial charge in [0.15, 0.2) is 0 Å². The zero-order chi connectivity index (χ0) is 16.7. The summed E-state index contributed by atoms with van der Waals surface area (Å²) in [7, 11) is 5.00. The molecule has 0 fully saturated rings. The number of benzene rings is 2. The molecule has 0 heterocycles.